The summed E-state index contributed by atoms with van der Waals surface area (Å²) in [7, 11) is 0. The molecule has 1 rings (SSSR count). The fourth-order valence-corrected chi connectivity index (χ4v) is 1.91. The molecule has 0 heterocycles. The maximum Gasteiger partial charge on any atom is 0.173 e. The monoisotopic (exact) mass is 241 g/mol. The van der Waals surface area contributed by atoms with Gasteiger partial charge >= 0.3 is 0 Å². The number of hydrogen-bond acceptors (Lipinski definition) is 2. The van der Waals surface area contributed by atoms with Crippen molar-refractivity contribution in [1.82, 2.24) is 0 Å². The second-order valence-electron chi connectivity index (χ2n) is 4.14. The van der Waals surface area contributed by atoms with Crippen molar-refractivity contribution in [3.63, 3.8) is 0 Å². The first kappa shape index (κ1) is 13.8. The SMILES string of the molecule is CCC(CC)(CN)C(=O)c1ccc(F)cc1F. The molecule has 0 radical (unpaired) electrons. The molecule has 0 bridgehead atoms. The second-order valence-corrected chi connectivity index (χ2v) is 4.14. The lowest BCUT2D eigenvalue weighted by Crippen LogP contribution is -2.38. The van der Waals surface area contributed by atoms with E-state index in [9.17, 15) is 13.6 Å². The molecular weight excluding hydrogens is 224 g/mol. The van der Waals surface area contributed by atoms with E-state index in [0.717, 1.165) is 12.1 Å². The van der Waals surface area contributed by atoms with Crippen LogP contribution in [0, 0.1) is 17.0 Å². The van der Waals surface area contributed by atoms with Gasteiger partial charge in [0.1, 0.15) is 11.6 Å². The molecule has 4 heteroatoms. The minimum absolute atomic E-state index is 0.0828. The van der Waals surface area contributed by atoms with Crippen LogP contribution in [-0.2, 0) is 0 Å². The van der Waals surface area contributed by atoms with Crippen molar-refractivity contribution in [2.45, 2.75) is 26.7 Å². The first-order chi connectivity index (χ1) is 8.00. The highest BCUT2D eigenvalue weighted by Crippen LogP contribution is 2.30. The summed E-state index contributed by atoms with van der Waals surface area (Å²) in [5.74, 6) is -1.86. The number of halogens is 2. The van der Waals surface area contributed by atoms with Crippen molar-refractivity contribution in [3.05, 3.63) is 35.4 Å². The second kappa shape index (κ2) is 5.36. The fraction of sp³-hybridized carbons (Fsp3) is 0.462. The zero-order valence-electron chi connectivity index (χ0n) is 10.1. The third kappa shape index (κ3) is 2.52. The number of hydrogen-bond donors (Lipinski definition) is 1. The summed E-state index contributed by atoms with van der Waals surface area (Å²) in [5.41, 5.74) is 4.80. The average Bonchev–Trinajstić information content (AvgIpc) is 2.32. The van der Waals surface area contributed by atoms with Gasteiger partial charge in [-0.05, 0) is 25.0 Å². The van der Waals surface area contributed by atoms with E-state index in [1.807, 2.05) is 13.8 Å². The normalized spacial score (nSPS) is 11.6. The minimum atomic E-state index is -0.824. The molecule has 0 atom stereocenters. The van der Waals surface area contributed by atoms with Gasteiger partial charge in [0, 0.05) is 18.0 Å². The summed E-state index contributed by atoms with van der Waals surface area (Å²) in [6, 6.07) is 2.99. The molecule has 0 aliphatic heterocycles. The topological polar surface area (TPSA) is 43.1 Å². The van der Waals surface area contributed by atoms with Gasteiger partial charge in [0.25, 0.3) is 0 Å². The van der Waals surface area contributed by atoms with E-state index in [0.29, 0.717) is 12.8 Å². The summed E-state index contributed by atoms with van der Waals surface area (Å²) < 4.78 is 26.3. The lowest BCUT2D eigenvalue weighted by Gasteiger charge is -2.28. The van der Waals surface area contributed by atoms with E-state index in [-0.39, 0.29) is 17.9 Å². The van der Waals surface area contributed by atoms with E-state index < -0.39 is 17.0 Å². The summed E-state index contributed by atoms with van der Waals surface area (Å²) in [5, 5.41) is 0. The molecule has 0 fully saturated rings. The highest BCUT2D eigenvalue weighted by molar-refractivity contribution is 6.00. The third-order valence-electron chi connectivity index (χ3n) is 3.40. The fourth-order valence-electron chi connectivity index (χ4n) is 1.91. The van der Waals surface area contributed by atoms with Gasteiger partial charge < -0.3 is 5.73 Å². The van der Waals surface area contributed by atoms with Crippen LogP contribution in [-0.4, -0.2) is 12.3 Å². The van der Waals surface area contributed by atoms with Crippen LogP contribution in [0.25, 0.3) is 0 Å². The number of nitrogens with two attached hydrogens (primary N) is 1. The van der Waals surface area contributed by atoms with Crippen molar-refractivity contribution < 1.29 is 13.6 Å². The molecule has 0 aromatic heterocycles. The van der Waals surface area contributed by atoms with Crippen LogP contribution in [0.4, 0.5) is 8.78 Å². The number of Topliss-reactive ketones (excluding diaryl/α,β-unsaturated/α-hetero) is 1. The van der Waals surface area contributed by atoms with Gasteiger partial charge in [-0.25, -0.2) is 8.78 Å². The number of benzene rings is 1. The van der Waals surface area contributed by atoms with Gasteiger partial charge in [-0.3, -0.25) is 4.79 Å². The van der Waals surface area contributed by atoms with Gasteiger partial charge in [-0.15, -0.1) is 0 Å². The van der Waals surface area contributed by atoms with Crippen LogP contribution < -0.4 is 5.73 Å². The van der Waals surface area contributed by atoms with Gasteiger partial charge in [-0.1, -0.05) is 13.8 Å². The van der Waals surface area contributed by atoms with Crippen molar-refractivity contribution in [2.24, 2.45) is 11.1 Å². The third-order valence-corrected chi connectivity index (χ3v) is 3.40. The van der Waals surface area contributed by atoms with Crippen LogP contribution in [0.2, 0.25) is 0 Å². The Balaban J connectivity index is 3.19. The molecule has 0 saturated heterocycles. The standard InChI is InChI=1S/C13H17F2NO/c1-3-13(4-2,8-16)12(17)10-6-5-9(14)7-11(10)15/h5-7H,3-4,8,16H2,1-2H3. The number of carbonyl (C=O) groups excluding carboxylic acids is 1. The van der Waals surface area contributed by atoms with Gasteiger partial charge in [0.15, 0.2) is 5.78 Å². The summed E-state index contributed by atoms with van der Waals surface area (Å²) >= 11 is 0. The molecular formula is C13H17F2NO. The molecule has 0 saturated carbocycles. The largest absolute Gasteiger partial charge is 0.329 e. The molecule has 0 amide bonds. The molecule has 0 aliphatic carbocycles. The van der Waals surface area contributed by atoms with Gasteiger partial charge in [-0.2, -0.15) is 0 Å². The maximum absolute atomic E-state index is 13.5. The van der Waals surface area contributed by atoms with Crippen LogP contribution in [0.3, 0.4) is 0 Å². The predicted octanol–water partition coefficient (Wildman–Crippen LogP) is 2.91. The Bertz CT molecular complexity index is 406. The van der Waals surface area contributed by atoms with Gasteiger partial charge in [0.2, 0.25) is 0 Å². The van der Waals surface area contributed by atoms with Crippen molar-refractivity contribution in [1.29, 1.82) is 0 Å². The van der Waals surface area contributed by atoms with Crippen LogP contribution in [0.5, 0.6) is 0 Å². The minimum Gasteiger partial charge on any atom is -0.329 e. The molecule has 2 N–H and O–H groups in total. The number of rotatable bonds is 5. The molecule has 0 unspecified atom stereocenters. The lowest BCUT2D eigenvalue weighted by atomic mass is 9.76. The Morgan fingerprint density at radius 3 is 2.29 bits per heavy atom. The summed E-state index contributed by atoms with van der Waals surface area (Å²) in [6.07, 6.45) is 1.07. The quantitative estimate of drug-likeness (QED) is 0.805. The molecule has 2 nitrogen and oxygen atoms in total. The number of ketones is 1. The molecule has 94 valence electrons. The highest BCUT2D eigenvalue weighted by Gasteiger charge is 2.35. The smallest absolute Gasteiger partial charge is 0.173 e. The Morgan fingerprint density at radius 1 is 1.29 bits per heavy atom. The van der Waals surface area contributed by atoms with Gasteiger partial charge in [0.05, 0.1) is 5.56 Å². The van der Waals surface area contributed by atoms with Crippen LogP contribution in [0.1, 0.15) is 37.0 Å². The zero-order valence-corrected chi connectivity index (χ0v) is 10.1. The lowest BCUT2D eigenvalue weighted by molar-refractivity contribution is 0.0782. The van der Waals surface area contributed by atoms with E-state index >= 15 is 0 Å². The molecule has 0 spiro atoms. The highest BCUT2D eigenvalue weighted by atomic mass is 19.1. The Morgan fingerprint density at radius 2 is 1.88 bits per heavy atom. The Hall–Kier alpha value is -1.29. The predicted molar refractivity (Wildman–Crippen MR) is 62.8 cm³/mol. The van der Waals surface area contributed by atoms with E-state index in [1.54, 1.807) is 0 Å². The summed E-state index contributed by atoms with van der Waals surface area (Å²) in [4.78, 5) is 12.2. The zero-order chi connectivity index (χ0) is 13.1. The first-order valence-corrected chi connectivity index (χ1v) is 5.70. The molecule has 17 heavy (non-hydrogen) atoms. The van der Waals surface area contributed by atoms with E-state index in [4.69, 9.17) is 5.73 Å². The molecule has 0 aliphatic rings. The number of carbonyl (C=O) groups is 1. The Labute approximate surface area is 99.8 Å². The van der Waals surface area contributed by atoms with E-state index in [2.05, 4.69) is 0 Å². The van der Waals surface area contributed by atoms with Crippen molar-refractivity contribution in [2.75, 3.05) is 6.54 Å². The molecule has 1 aromatic carbocycles. The average molecular weight is 241 g/mol. The van der Waals surface area contributed by atoms with Crippen molar-refractivity contribution in [3.8, 4) is 0 Å². The molecule has 1 aromatic rings. The first-order valence-electron chi connectivity index (χ1n) is 5.70. The van der Waals surface area contributed by atoms with E-state index in [1.165, 1.54) is 6.07 Å². The Kier molecular flexibility index (Phi) is 4.34. The summed E-state index contributed by atoms with van der Waals surface area (Å²) in [6.45, 7) is 3.85. The van der Waals surface area contributed by atoms with Crippen LogP contribution in [0.15, 0.2) is 18.2 Å². The van der Waals surface area contributed by atoms with Crippen LogP contribution >= 0.6 is 0 Å². The maximum atomic E-state index is 13.5. The van der Waals surface area contributed by atoms with Crippen molar-refractivity contribution >= 4 is 5.78 Å².